The van der Waals surface area contributed by atoms with Gasteiger partial charge in [0.05, 0.1) is 0 Å². The van der Waals surface area contributed by atoms with E-state index in [2.05, 4.69) is 9.97 Å². The van der Waals surface area contributed by atoms with Crippen LogP contribution in [-0.2, 0) is 6.42 Å². The van der Waals surface area contributed by atoms with Crippen molar-refractivity contribution < 1.29 is 13.6 Å². The Morgan fingerprint density at radius 3 is 2.58 bits per heavy atom. The zero-order valence-electron chi connectivity index (χ0n) is 13.3. The lowest BCUT2D eigenvalue weighted by atomic mass is 9.90. The summed E-state index contributed by atoms with van der Waals surface area (Å²) in [5.74, 6) is -0.281. The minimum Gasteiger partial charge on any atom is -0.336 e. The Hall–Kier alpha value is -2.37. The first-order chi connectivity index (χ1) is 11.6. The highest BCUT2D eigenvalue weighted by Gasteiger charge is 2.25. The monoisotopic (exact) mass is 331 g/mol. The Morgan fingerprint density at radius 2 is 1.88 bits per heavy atom. The molecule has 1 fully saturated rings. The number of carbonyl (C=O) groups is 1. The Morgan fingerprint density at radius 1 is 1.17 bits per heavy atom. The van der Waals surface area contributed by atoms with Crippen LogP contribution in [0.5, 0.6) is 0 Å². The van der Waals surface area contributed by atoms with Crippen LogP contribution in [0.4, 0.5) is 8.78 Å². The van der Waals surface area contributed by atoms with Gasteiger partial charge in [-0.3, -0.25) is 4.79 Å². The first kappa shape index (κ1) is 16.5. The van der Waals surface area contributed by atoms with Crippen LogP contribution in [0.2, 0.25) is 0 Å². The maximum absolute atomic E-state index is 13.6. The zero-order valence-corrected chi connectivity index (χ0v) is 13.3. The van der Waals surface area contributed by atoms with E-state index in [1.54, 1.807) is 23.4 Å². The number of hydrogen-bond donors (Lipinski definition) is 0. The second kappa shape index (κ2) is 7.47. The molecule has 6 heteroatoms. The summed E-state index contributed by atoms with van der Waals surface area (Å²) in [6.45, 7) is 1.29. The highest BCUT2D eigenvalue weighted by molar-refractivity contribution is 5.90. The van der Waals surface area contributed by atoms with Gasteiger partial charge in [-0.2, -0.15) is 0 Å². The molecular formula is C18H19F2N3O. The third-order valence-electron chi connectivity index (χ3n) is 4.49. The van der Waals surface area contributed by atoms with Gasteiger partial charge >= 0.3 is 0 Å². The fourth-order valence-electron chi connectivity index (χ4n) is 3.07. The van der Waals surface area contributed by atoms with E-state index in [4.69, 9.17) is 0 Å². The minimum atomic E-state index is -0.408. The lowest BCUT2D eigenvalue weighted by molar-refractivity contribution is 0.0674. The summed E-state index contributed by atoms with van der Waals surface area (Å²) in [7, 11) is 0. The summed E-state index contributed by atoms with van der Waals surface area (Å²) < 4.78 is 26.8. The molecule has 0 saturated carbocycles. The van der Waals surface area contributed by atoms with Crippen molar-refractivity contribution in [3.63, 3.8) is 0 Å². The topological polar surface area (TPSA) is 46.1 Å². The van der Waals surface area contributed by atoms with Crippen LogP contribution in [0.25, 0.3) is 0 Å². The average molecular weight is 331 g/mol. The molecule has 0 unspecified atom stereocenters. The number of hydrogen-bond acceptors (Lipinski definition) is 3. The van der Waals surface area contributed by atoms with Crippen LogP contribution >= 0.6 is 0 Å². The van der Waals surface area contributed by atoms with E-state index in [-0.39, 0.29) is 17.5 Å². The molecule has 3 rings (SSSR count). The molecule has 1 aliphatic heterocycles. The lowest BCUT2D eigenvalue weighted by Crippen LogP contribution is -2.39. The summed E-state index contributed by atoms with van der Waals surface area (Å²) in [5.41, 5.74) is 0.422. The Labute approximate surface area is 139 Å². The Bertz CT molecular complexity index is 701. The molecule has 0 bridgehead atoms. The molecular weight excluding hydrogens is 312 g/mol. The van der Waals surface area contributed by atoms with Gasteiger partial charge in [-0.05, 0) is 61.4 Å². The summed E-state index contributed by atoms with van der Waals surface area (Å²) in [6, 6.07) is 5.25. The molecule has 1 aromatic carbocycles. The summed E-state index contributed by atoms with van der Waals surface area (Å²) in [4.78, 5) is 22.0. The maximum Gasteiger partial charge on any atom is 0.291 e. The van der Waals surface area contributed by atoms with Gasteiger partial charge in [0.1, 0.15) is 11.6 Å². The quantitative estimate of drug-likeness (QED) is 0.864. The van der Waals surface area contributed by atoms with E-state index in [9.17, 15) is 13.6 Å². The van der Waals surface area contributed by atoms with Gasteiger partial charge in [0.25, 0.3) is 5.91 Å². The van der Waals surface area contributed by atoms with Crippen LogP contribution in [0, 0.1) is 17.6 Å². The van der Waals surface area contributed by atoms with E-state index >= 15 is 0 Å². The van der Waals surface area contributed by atoms with Crippen molar-refractivity contribution in [2.75, 3.05) is 13.1 Å². The Balaban J connectivity index is 1.50. The fraction of sp³-hybridized carbons (Fsp3) is 0.389. The van der Waals surface area contributed by atoms with Gasteiger partial charge in [-0.1, -0.05) is 0 Å². The number of likely N-dealkylation sites (tertiary alicyclic amines) is 1. The smallest absolute Gasteiger partial charge is 0.291 e. The van der Waals surface area contributed by atoms with Crippen LogP contribution in [0.1, 0.15) is 35.4 Å². The van der Waals surface area contributed by atoms with Crippen LogP contribution < -0.4 is 0 Å². The van der Waals surface area contributed by atoms with E-state index in [0.29, 0.717) is 31.0 Å². The number of aromatic nitrogens is 2. The normalized spacial score (nSPS) is 15.5. The highest BCUT2D eigenvalue weighted by Crippen LogP contribution is 2.24. The van der Waals surface area contributed by atoms with Crippen molar-refractivity contribution in [1.82, 2.24) is 14.9 Å². The number of benzene rings is 1. The molecule has 2 aromatic rings. The van der Waals surface area contributed by atoms with Crippen molar-refractivity contribution in [3.05, 3.63) is 59.7 Å². The molecule has 126 valence electrons. The highest BCUT2D eigenvalue weighted by atomic mass is 19.1. The predicted molar refractivity (Wildman–Crippen MR) is 85.3 cm³/mol. The second-order valence-electron chi connectivity index (χ2n) is 6.08. The molecule has 0 spiro atoms. The molecule has 0 radical (unpaired) electrons. The molecule has 0 N–H and O–H groups in total. The van der Waals surface area contributed by atoms with Gasteiger partial charge in [-0.25, -0.2) is 18.7 Å². The summed E-state index contributed by atoms with van der Waals surface area (Å²) >= 11 is 0. The summed E-state index contributed by atoms with van der Waals surface area (Å²) in [6.07, 6.45) is 6.14. The second-order valence-corrected chi connectivity index (χ2v) is 6.08. The molecule has 1 aromatic heterocycles. The molecule has 24 heavy (non-hydrogen) atoms. The first-order valence-electron chi connectivity index (χ1n) is 8.13. The van der Waals surface area contributed by atoms with E-state index in [1.807, 2.05) is 0 Å². The maximum atomic E-state index is 13.6. The Kier molecular flexibility index (Phi) is 5.13. The number of piperidine rings is 1. The predicted octanol–water partition coefficient (Wildman–Crippen LogP) is 3.24. The van der Waals surface area contributed by atoms with E-state index < -0.39 is 5.82 Å². The molecule has 0 aliphatic carbocycles. The fourth-order valence-corrected chi connectivity index (χ4v) is 3.07. The van der Waals surface area contributed by atoms with Gasteiger partial charge in [0.2, 0.25) is 5.82 Å². The number of amides is 1. The van der Waals surface area contributed by atoms with Gasteiger partial charge < -0.3 is 4.90 Å². The van der Waals surface area contributed by atoms with Crippen LogP contribution in [0.3, 0.4) is 0 Å². The lowest BCUT2D eigenvalue weighted by Gasteiger charge is -2.31. The number of halogens is 2. The van der Waals surface area contributed by atoms with Gasteiger partial charge in [-0.15, -0.1) is 0 Å². The van der Waals surface area contributed by atoms with Crippen molar-refractivity contribution in [2.24, 2.45) is 5.92 Å². The molecule has 4 nitrogen and oxygen atoms in total. The standard InChI is InChI=1S/C18H19F2N3O/c19-15-4-5-16(20)14(12-15)3-2-13-6-10-23(11-7-13)18(24)17-21-8-1-9-22-17/h1,4-5,8-9,12-13H,2-3,6-7,10-11H2. The van der Waals surface area contributed by atoms with Crippen LogP contribution in [-0.4, -0.2) is 33.9 Å². The average Bonchev–Trinajstić information content (AvgIpc) is 2.63. The minimum absolute atomic E-state index is 0.148. The third kappa shape index (κ3) is 3.93. The van der Waals surface area contributed by atoms with Gasteiger partial charge in [0, 0.05) is 25.5 Å². The van der Waals surface area contributed by atoms with Gasteiger partial charge in [0.15, 0.2) is 0 Å². The molecule has 1 saturated heterocycles. The van der Waals surface area contributed by atoms with E-state index in [1.165, 1.54) is 12.1 Å². The SMILES string of the molecule is O=C(c1ncccn1)N1CCC(CCc2cc(F)ccc2F)CC1. The number of carbonyl (C=O) groups excluding carboxylic acids is 1. The zero-order chi connectivity index (χ0) is 16.9. The van der Waals surface area contributed by atoms with Crippen molar-refractivity contribution >= 4 is 5.91 Å². The molecule has 2 heterocycles. The number of aryl methyl sites for hydroxylation is 1. The number of rotatable bonds is 4. The number of nitrogens with zero attached hydrogens (tertiary/aromatic N) is 3. The van der Waals surface area contributed by atoms with Crippen molar-refractivity contribution in [2.45, 2.75) is 25.7 Å². The molecule has 0 atom stereocenters. The van der Waals surface area contributed by atoms with Crippen molar-refractivity contribution in [3.8, 4) is 0 Å². The van der Waals surface area contributed by atoms with E-state index in [0.717, 1.165) is 25.3 Å². The largest absolute Gasteiger partial charge is 0.336 e. The molecule has 1 amide bonds. The first-order valence-corrected chi connectivity index (χ1v) is 8.13. The van der Waals surface area contributed by atoms with Crippen LogP contribution in [0.15, 0.2) is 36.7 Å². The third-order valence-corrected chi connectivity index (χ3v) is 4.49. The van der Waals surface area contributed by atoms with Crippen molar-refractivity contribution in [1.29, 1.82) is 0 Å². The summed E-state index contributed by atoms with van der Waals surface area (Å²) in [5, 5.41) is 0. The molecule has 1 aliphatic rings.